The molecule has 5 rings (SSSR count). The molecule has 222 valence electrons. The quantitative estimate of drug-likeness (QED) is 0.210. The van der Waals surface area contributed by atoms with Crippen molar-refractivity contribution in [3.63, 3.8) is 0 Å². The fourth-order valence-corrected chi connectivity index (χ4v) is 6.13. The summed E-state index contributed by atoms with van der Waals surface area (Å²) in [6.07, 6.45) is 1.80. The molecule has 0 fully saturated rings. The Morgan fingerprint density at radius 1 is 1.07 bits per heavy atom. The summed E-state index contributed by atoms with van der Waals surface area (Å²) in [7, 11) is 1.58. The molecular weight excluding hydrogens is 584 g/mol. The number of carbonyl (C=O) groups excluding carboxylic acids is 1. The van der Waals surface area contributed by atoms with Crippen LogP contribution in [0, 0.1) is 0 Å². The number of aromatic nitrogens is 1. The number of allylic oxidation sites excluding steroid dienone is 1. The molecule has 0 unspecified atom stereocenters. The average Bonchev–Trinajstić information content (AvgIpc) is 3.30. The van der Waals surface area contributed by atoms with Crippen LogP contribution in [0.5, 0.6) is 11.5 Å². The first-order valence-electron chi connectivity index (χ1n) is 14.0. The fraction of sp³-hybridized carbons (Fsp3) is 0.265. The standard InChI is InChI=1S/C34H33ClN2O5S/c1-6-41-33(39)30-21(4)36-34-37(31(30)25-12-10-24(11-13-25)20(2)3)32(38)29(43-34)18-23-9-16-27(28(17-23)40-5)42-19-22-7-14-26(35)15-8-22/h7-18,20,31H,6,19H2,1-5H3/b29-18-/t31-/m0/s1. The van der Waals surface area contributed by atoms with Crippen LogP contribution in [-0.4, -0.2) is 24.3 Å². The summed E-state index contributed by atoms with van der Waals surface area (Å²) < 4.78 is 19.1. The molecule has 43 heavy (non-hydrogen) atoms. The third-order valence-corrected chi connectivity index (χ3v) is 8.46. The Bertz CT molecular complexity index is 1850. The van der Waals surface area contributed by atoms with Gasteiger partial charge in [-0.3, -0.25) is 9.36 Å². The van der Waals surface area contributed by atoms with Gasteiger partial charge < -0.3 is 14.2 Å². The highest BCUT2D eigenvalue weighted by atomic mass is 35.5. The van der Waals surface area contributed by atoms with Crippen LogP contribution in [0.25, 0.3) is 6.08 Å². The maximum absolute atomic E-state index is 14.0. The van der Waals surface area contributed by atoms with Gasteiger partial charge in [0.25, 0.3) is 5.56 Å². The molecule has 1 aliphatic heterocycles. The molecule has 2 heterocycles. The van der Waals surface area contributed by atoms with Gasteiger partial charge in [0, 0.05) is 5.02 Å². The molecule has 0 saturated carbocycles. The van der Waals surface area contributed by atoms with Crippen molar-refractivity contribution in [2.45, 2.75) is 46.3 Å². The normalized spacial score (nSPS) is 14.9. The third kappa shape index (κ3) is 6.45. The second-order valence-corrected chi connectivity index (χ2v) is 11.9. The number of benzene rings is 3. The van der Waals surface area contributed by atoms with Gasteiger partial charge in [-0.15, -0.1) is 0 Å². The zero-order chi connectivity index (χ0) is 30.7. The van der Waals surface area contributed by atoms with E-state index < -0.39 is 12.0 Å². The Balaban J connectivity index is 1.54. The zero-order valence-corrected chi connectivity index (χ0v) is 26.3. The lowest BCUT2D eigenvalue weighted by atomic mass is 9.93. The summed E-state index contributed by atoms with van der Waals surface area (Å²) in [4.78, 5) is 32.3. The van der Waals surface area contributed by atoms with Gasteiger partial charge in [-0.2, -0.15) is 0 Å². The van der Waals surface area contributed by atoms with E-state index in [-0.39, 0.29) is 12.2 Å². The zero-order valence-electron chi connectivity index (χ0n) is 24.7. The predicted molar refractivity (Wildman–Crippen MR) is 170 cm³/mol. The van der Waals surface area contributed by atoms with Crippen molar-refractivity contribution < 1.29 is 19.0 Å². The number of hydrogen-bond acceptors (Lipinski definition) is 7. The highest BCUT2D eigenvalue weighted by Crippen LogP contribution is 2.32. The molecule has 0 aliphatic carbocycles. The van der Waals surface area contributed by atoms with Crippen LogP contribution in [0.1, 0.15) is 61.9 Å². The van der Waals surface area contributed by atoms with Crippen molar-refractivity contribution in [2.24, 2.45) is 4.99 Å². The van der Waals surface area contributed by atoms with Crippen molar-refractivity contribution in [2.75, 3.05) is 13.7 Å². The van der Waals surface area contributed by atoms with Crippen LogP contribution < -0.4 is 24.4 Å². The Kier molecular flexibility index (Phi) is 9.18. The second kappa shape index (κ2) is 13.0. The second-order valence-electron chi connectivity index (χ2n) is 10.4. The predicted octanol–water partition coefficient (Wildman–Crippen LogP) is 6.16. The van der Waals surface area contributed by atoms with E-state index in [9.17, 15) is 9.59 Å². The molecule has 0 bridgehead atoms. The van der Waals surface area contributed by atoms with E-state index in [2.05, 4.69) is 18.8 Å². The van der Waals surface area contributed by atoms with Gasteiger partial charge in [0.15, 0.2) is 16.3 Å². The Hall–Kier alpha value is -4.14. The summed E-state index contributed by atoms with van der Waals surface area (Å²) in [5, 5.41) is 0.665. The molecule has 0 radical (unpaired) electrons. The number of fused-ring (bicyclic) bond motifs is 1. The van der Waals surface area contributed by atoms with E-state index in [0.29, 0.717) is 49.7 Å². The third-order valence-electron chi connectivity index (χ3n) is 7.23. The van der Waals surface area contributed by atoms with Gasteiger partial charge in [0.2, 0.25) is 0 Å². The van der Waals surface area contributed by atoms with Crippen LogP contribution in [0.4, 0.5) is 0 Å². The number of thiazole rings is 1. The van der Waals surface area contributed by atoms with E-state index in [0.717, 1.165) is 16.7 Å². The van der Waals surface area contributed by atoms with E-state index in [1.807, 2.05) is 66.7 Å². The van der Waals surface area contributed by atoms with Crippen molar-refractivity contribution in [3.8, 4) is 11.5 Å². The van der Waals surface area contributed by atoms with Crippen LogP contribution in [-0.2, 0) is 16.1 Å². The first-order valence-corrected chi connectivity index (χ1v) is 15.2. The minimum Gasteiger partial charge on any atom is -0.493 e. The Labute approximate surface area is 259 Å². The maximum Gasteiger partial charge on any atom is 0.338 e. The molecule has 1 aromatic heterocycles. The highest BCUT2D eigenvalue weighted by molar-refractivity contribution is 7.07. The van der Waals surface area contributed by atoms with E-state index in [1.165, 1.54) is 16.9 Å². The summed E-state index contributed by atoms with van der Waals surface area (Å²) >= 11 is 7.26. The van der Waals surface area contributed by atoms with Crippen molar-refractivity contribution >= 4 is 35.0 Å². The van der Waals surface area contributed by atoms with Gasteiger partial charge in [-0.25, -0.2) is 9.79 Å². The summed E-state index contributed by atoms with van der Waals surface area (Å²) in [6, 6.07) is 20.3. The molecule has 0 amide bonds. The van der Waals surface area contributed by atoms with Gasteiger partial charge >= 0.3 is 5.97 Å². The van der Waals surface area contributed by atoms with Gasteiger partial charge in [0.1, 0.15) is 6.61 Å². The Morgan fingerprint density at radius 2 is 1.79 bits per heavy atom. The number of methoxy groups -OCH3 is 1. The number of hydrogen-bond donors (Lipinski definition) is 0. The highest BCUT2D eigenvalue weighted by Gasteiger charge is 2.33. The van der Waals surface area contributed by atoms with Gasteiger partial charge in [-0.05, 0) is 72.4 Å². The number of carbonyl (C=O) groups is 1. The van der Waals surface area contributed by atoms with Crippen molar-refractivity contribution in [1.29, 1.82) is 0 Å². The van der Waals surface area contributed by atoms with Crippen LogP contribution >= 0.6 is 22.9 Å². The largest absolute Gasteiger partial charge is 0.493 e. The first-order chi connectivity index (χ1) is 20.7. The van der Waals surface area contributed by atoms with Crippen molar-refractivity contribution in [1.82, 2.24) is 4.57 Å². The molecule has 0 spiro atoms. The minimum atomic E-state index is -0.656. The average molecular weight is 617 g/mol. The number of nitrogens with zero attached hydrogens (tertiary/aromatic N) is 2. The topological polar surface area (TPSA) is 79.1 Å². The molecule has 4 aromatic rings. The van der Waals surface area contributed by atoms with Gasteiger partial charge in [0.05, 0.1) is 35.6 Å². The van der Waals surface area contributed by atoms with E-state index in [4.69, 9.17) is 25.8 Å². The molecule has 0 saturated heterocycles. The molecule has 9 heteroatoms. The minimum absolute atomic E-state index is 0.223. The molecule has 3 aromatic carbocycles. The number of esters is 1. The van der Waals surface area contributed by atoms with E-state index in [1.54, 1.807) is 31.6 Å². The molecule has 7 nitrogen and oxygen atoms in total. The number of ether oxygens (including phenoxy) is 3. The first kappa shape index (κ1) is 30.3. The lowest BCUT2D eigenvalue weighted by Gasteiger charge is -2.25. The lowest BCUT2D eigenvalue weighted by Crippen LogP contribution is -2.39. The number of halogens is 1. The maximum atomic E-state index is 14.0. The summed E-state index contributed by atoms with van der Waals surface area (Å²) in [5.74, 6) is 0.994. The molecule has 1 aliphatic rings. The monoisotopic (exact) mass is 616 g/mol. The summed E-state index contributed by atoms with van der Waals surface area (Å²) in [6.45, 7) is 8.37. The van der Waals surface area contributed by atoms with Crippen LogP contribution in [0.15, 0.2) is 87.8 Å². The molecule has 0 N–H and O–H groups in total. The van der Waals surface area contributed by atoms with Gasteiger partial charge in [-0.1, -0.05) is 79.2 Å². The molecular formula is C34H33ClN2O5S. The SMILES string of the molecule is CCOC(=O)C1=C(C)N=c2s/c(=C\c3ccc(OCc4ccc(Cl)cc4)c(OC)c3)c(=O)n2[C@H]1c1ccc(C(C)C)cc1. The lowest BCUT2D eigenvalue weighted by molar-refractivity contribution is -0.139. The van der Waals surface area contributed by atoms with Crippen LogP contribution in [0.3, 0.4) is 0 Å². The van der Waals surface area contributed by atoms with Crippen molar-refractivity contribution in [3.05, 3.63) is 125 Å². The van der Waals surface area contributed by atoms with E-state index >= 15 is 0 Å². The number of rotatable bonds is 9. The van der Waals surface area contributed by atoms with Crippen LogP contribution in [0.2, 0.25) is 5.02 Å². The fourth-order valence-electron chi connectivity index (χ4n) is 4.96. The molecule has 1 atom stereocenters. The Morgan fingerprint density at radius 3 is 2.44 bits per heavy atom. The smallest absolute Gasteiger partial charge is 0.338 e. The summed E-state index contributed by atoms with van der Waals surface area (Å²) in [5.41, 5.74) is 4.39.